The molecule has 0 fully saturated rings. The number of carbonyl (C=O) groups excluding carboxylic acids is 1. The number of sulfonamides is 1. The number of nitrogens with one attached hydrogen (secondary N) is 1. The van der Waals surface area contributed by atoms with E-state index in [2.05, 4.69) is 4.98 Å². The van der Waals surface area contributed by atoms with Crippen LogP contribution in [0.15, 0.2) is 71.8 Å². The number of pyridine rings is 1. The Kier molecular flexibility index (Phi) is 7.04. The minimum Gasteiger partial charge on any atom is -0.457 e. The summed E-state index contributed by atoms with van der Waals surface area (Å²) >= 11 is 5.83. The van der Waals surface area contributed by atoms with Crippen molar-refractivity contribution in [3.63, 3.8) is 0 Å². The molecule has 1 N–H and O–H groups in total. The van der Waals surface area contributed by atoms with Gasteiger partial charge in [0.15, 0.2) is 0 Å². The zero-order chi connectivity index (χ0) is 21.6. The van der Waals surface area contributed by atoms with Crippen LogP contribution in [0.3, 0.4) is 0 Å². The van der Waals surface area contributed by atoms with Gasteiger partial charge in [-0.3, -0.25) is 9.78 Å². The molecule has 156 valence electrons. The Balaban J connectivity index is 1.65. The molecular formula is C21H19ClN2O5S. The monoisotopic (exact) mass is 446 g/mol. The fourth-order valence-electron chi connectivity index (χ4n) is 2.42. The first-order chi connectivity index (χ1) is 14.4. The Hall–Kier alpha value is -2.94. The fourth-order valence-corrected chi connectivity index (χ4v) is 3.52. The Morgan fingerprint density at radius 3 is 2.20 bits per heavy atom. The second-order valence-electron chi connectivity index (χ2n) is 6.14. The number of amides is 1. The van der Waals surface area contributed by atoms with E-state index in [9.17, 15) is 13.2 Å². The molecule has 30 heavy (non-hydrogen) atoms. The van der Waals surface area contributed by atoms with Gasteiger partial charge in [0.25, 0.3) is 15.9 Å². The van der Waals surface area contributed by atoms with E-state index in [1.807, 2.05) is 11.6 Å². The van der Waals surface area contributed by atoms with Gasteiger partial charge in [-0.25, -0.2) is 13.1 Å². The van der Waals surface area contributed by atoms with Crippen LogP contribution in [0.4, 0.5) is 0 Å². The molecule has 0 unspecified atom stereocenters. The van der Waals surface area contributed by atoms with E-state index >= 15 is 0 Å². The summed E-state index contributed by atoms with van der Waals surface area (Å²) in [5, 5.41) is 0.582. The van der Waals surface area contributed by atoms with Crippen molar-refractivity contribution in [2.45, 2.75) is 18.4 Å². The summed E-state index contributed by atoms with van der Waals surface area (Å²) in [6.45, 7) is 2.73. The minimum absolute atomic E-state index is 0.0692. The highest BCUT2D eigenvalue weighted by molar-refractivity contribution is 7.90. The highest BCUT2D eigenvalue weighted by atomic mass is 35.5. The number of nitrogens with zero attached hydrogens (tertiary/aromatic N) is 1. The van der Waals surface area contributed by atoms with Crippen molar-refractivity contribution in [1.29, 1.82) is 0 Å². The summed E-state index contributed by atoms with van der Waals surface area (Å²) in [5.74, 6) is 0.229. The molecule has 0 bridgehead atoms. The van der Waals surface area contributed by atoms with Crippen molar-refractivity contribution < 1.29 is 22.7 Å². The summed E-state index contributed by atoms with van der Waals surface area (Å²) in [7, 11) is -4.05. The number of rotatable bonds is 8. The normalized spacial score (nSPS) is 11.1. The predicted octanol–water partition coefficient (Wildman–Crippen LogP) is 4.18. The minimum atomic E-state index is -4.05. The molecule has 0 aliphatic rings. The SMILES string of the molecule is CCOCc1ccc(C(=O)NS(=O)(=O)c2ccc(Oc3ccc(Cl)cc3)cc2)cn1. The molecule has 2 aromatic carbocycles. The highest BCUT2D eigenvalue weighted by Gasteiger charge is 2.19. The maximum atomic E-state index is 12.5. The number of hydrogen-bond acceptors (Lipinski definition) is 6. The van der Waals surface area contributed by atoms with Gasteiger partial charge in [-0.15, -0.1) is 0 Å². The second kappa shape index (κ2) is 9.71. The molecule has 0 saturated carbocycles. The van der Waals surface area contributed by atoms with E-state index in [0.29, 0.717) is 35.4 Å². The van der Waals surface area contributed by atoms with E-state index in [4.69, 9.17) is 21.1 Å². The summed E-state index contributed by atoms with van der Waals surface area (Å²) < 4.78 is 37.9. The van der Waals surface area contributed by atoms with Crippen molar-refractivity contribution in [1.82, 2.24) is 9.71 Å². The molecule has 1 heterocycles. The topological polar surface area (TPSA) is 94.6 Å². The molecule has 1 aromatic heterocycles. The lowest BCUT2D eigenvalue weighted by atomic mass is 10.2. The van der Waals surface area contributed by atoms with Crippen LogP contribution in [0.25, 0.3) is 0 Å². The molecule has 7 nitrogen and oxygen atoms in total. The van der Waals surface area contributed by atoms with Gasteiger partial charge in [-0.2, -0.15) is 0 Å². The lowest BCUT2D eigenvalue weighted by Gasteiger charge is -2.09. The first-order valence-electron chi connectivity index (χ1n) is 9.00. The Morgan fingerprint density at radius 1 is 1.00 bits per heavy atom. The van der Waals surface area contributed by atoms with Gasteiger partial charge in [0, 0.05) is 17.8 Å². The molecule has 0 aliphatic heterocycles. The van der Waals surface area contributed by atoms with Crippen LogP contribution >= 0.6 is 11.6 Å². The van der Waals surface area contributed by atoms with Gasteiger partial charge >= 0.3 is 0 Å². The second-order valence-corrected chi connectivity index (χ2v) is 8.26. The van der Waals surface area contributed by atoms with Crippen molar-refractivity contribution in [3.05, 3.63) is 83.1 Å². The van der Waals surface area contributed by atoms with Crippen LogP contribution in [0.5, 0.6) is 11.5 Å². The largest absolute Gasteiger partial charge is 0.457 e. The maximum absolute atomic E-state index is 12.5. The van der Waals surface area contributed by atoms with Gasteiger partial charge in [0.05, 0.1) is 22.8 Å². The van der Waals surface area contributed by atoms with Crippen LogP contribution in [-0.4, -0.2) is 25.9 Å². The standard InChI is InChI=1S/C21H19ClN2O5S/c1-2-28-14-17-6-3-15(13-23-17)21(25)24-30(26,27)20-11-9-19(10-12-20)29-18-7-4-16(22)5-8-18/h3-13H,2,14H2,1H3,(H,24,25). The molecule has 0 radical (unpaired) electrons. The Morgan fingerprint density at radius 2 is 1.63 bits per heavy atom. The number of aromatic nitrogens is 1. The van der Waals surface area contributed by atoms with E-state index in [1.54, 1.807) is 30.3 Å². The van der Waals surface area contributed by atoms with E-state index < -0.39 is 15.9 Å². The van der Waals surface area contributed by atoms with Crippen LogP contribution in [0.2, 0.25) is 5.02 Å². The molecular weight excluding hydrogens is 428 g/mol. The van der Waals surface area contributed by atoms with Crippen LogP contribution < -0.4 is 9.46 Å². The van der Waals surface area contributed by atoms with Crippen molar-refractivity contribution in [2.75, 3.05) is 6.61 Å². The summed E-state index contributed by atoms with van der Waals surface area (Å²) in [5.41, 5.74) is 0.772. The average molecular weight is 447 g/mol. The number of benzene rings is 2. The number of hydrogen-bond donors (Lipinski definition) is 1. The third-order valence-electron chi connectivity index (χ3n) is 3.95. The number of halogens is 1. The van der Waals surface area contributed by atoms with Crippen molar-refractivity contribution in [3.8, 4) is 11.5 Å². The zero-order valence-corrected chi connectivity index (χ0v) is 17.6. The Bertz CT molecular complexity index is 1100. The lowest BCUT2D eigenvalue weighted by molar-refractivity contribution is 0.0980. The zero-order valence-electron chi connectivity index (χ0n) is 16.0. The summed E-state index contributed by atoms with van der Waals surface area (Å²) in [4.78, 5) is 16.3. The van der Waals surface area contributed by atoms with Gasteiger partial charge in [-0.1, -0.05) is 11.6 Å². The predicted molar refractivity (Wildman–Crippen MR) is 112 cm³/mol. The van der Waals surface area contributed by atoms with E-state index in [0.717, 1.165) is 0 Å². The smallest absolute Gasteiger partial charge is 0.266 e. The summed E-state index contributed by atoms with van der Waals surface area (Å²) in [6.07, 6.45) is 1.31. The van der Waals surface area contributed by atoms with Gasteiger partial charge in [0.1, 0.15) is 11.5 Å². The first kappa shape index (κ1) is 21.8. The molecule has 0 saturated heterocycles. The van der Waals surface area contributed by atoms with Crippen molar-refractivity contribution >= 4 is 27.5 Å². The summed E-state index contributed by atoms with van der Waals surface area (Å²) in [6, 6.07) is 15.6. The van der Waals surface area contributed by atoms with Crippen LogP contribution in [0.1, 0.15) is 23.0 Å². The fraction of sp³-hybridized carbons (Fsp3) is 0.143. The molecule has 0 spiro atoms. The van der Waals surface area contributed by atoms with Crippen LogP contribution in [0, 0.1) is 0 Å². The molecule has 9 heteroatoms. The lowest BCUT2D eigenvalue weighted by Crippen LogP contribution is -2.30. The number of ether oxygens (including phenoxy) is 2. The quantitative estimate of drug-likeness (QED) is 0.557. The third-order valence-corrected chi connectivity index (χ3v) is 5.55. The Labute approximate surface area is 179 Å². The van der Waals surface area contributed by atoms with E-state index in [-0.39, 0.29) is 10.5 Å². The first-order valence-corrected chi connectivity index (χ1v) is 10.9. The van der Waals surface area contributed by atoms with Gasteiger partial charge in [0.2, 0.25) is 0 Å². The molecule has 3 rings (SSSR count). The van der Waals surface area contributed by atoms with Crippen molar-refractivity contribution in [2.24, 2.45) is 0 Å². The van der Waals surface area contributed by atoms with E-state index in [1.165, 1.54) is 36.5 Å². The highest BCUT2D eigenvalue weighted by Crippen LogP contribution is 2.24. The molecule has 0 atom stereocenters. The number of carbonyl (C=O) groups is 1. The maximum Gasteiger partial charge on any atom is 0.266 e. The average Bonchev–Trinajstić information content (AvgIpc) is 2.74. The van der Waals surface area contributed by atoms with Gasteiger partial charge < -0.3 is 9.47 Å². The molecule has 1 amide bonds. The molecule has 3 aromatic rings. The third kappa shape index (κ3) is 5.79. The van der Waals surface area contributed by atoms with Crippen LogP contribution in [-0.2, 0) is 21.4 Å². The molecule has 0 aliphatic carbocycles. The van der Waals surface area contributed by atoms with Gasteiger partial charge in [-0.05, 0) is 67.6 Å².